The van der Waals surface area contributed by atoms with Gasteiger partial charge in [-0.2, -0.15) is 0 Å². The lowest BCUT2D eigenvalue weighted by molar-refractivity contribution is -0.384. The van der Waals surface area contributed by atoms with E-state index >= 15 is 0 Å². The Balaban J connectivity index is 1.77. The zero-order valence-corrected chi connectivity index (χ0v) is 17.5. The number of carboxylic acids is 1. The number of piperidine rings is 1. The maximum absolute atomic E-state index is 12.6. The quantitative estimate of drug-likeness (QED) is 0.319. The first kappa shape index (κ1) is 22.0. The van der Waals surface area contributed by atoms with Gasteiger partial charge in [0, 0.05) is 31.5 Å². The molecule has 3 aromatic rings. The summed E-state index contributed by atoms with van der Waals surface area (Å²) in [6.45, 7) is 0.655. The summed E-state index contributed by atoms with van der Waals surface area (Å²) in [6.07, 6.45) is 6.32. The average Bonchev–Trinajstić information content (AvgIpc) is 3.24. The van der Waals surface area contributed by atoms with Gasteiger partial charge in [-0.05, 0) is 37.0 Å². The minimum atomic E-state index is -1.34. The lowest BCUT2D eigenvalue weighted by Gasteiger charge is -2.26. The van der Waals surface area contributed by atoms with Crippen LogP contribution < -0.4 is 11.1 Å². The van der Waals surface area contributed by atoms with Crippen molar-refractivity contribution in [2.75, 3.05) is 13.1 Å². The summed E-state index contributed by atoms with van der Waals surface area (Å²) in [7, 11) is 0. The van der Waals surface area contributed by atoms with E-state index in [1.165, 1.54) is 10.6 Å². The van der Waals surface area contributed by atoms with Crippen LogP contribution in [0.2, 0.25) is 0 Å². The van der Waals surface area contributed by atoms with Crippen LogP contribution in [0.25, 0.3) is 16.7 Å². The number of benzene rings is 1. The van der Waals surface area contributed by atoms with E-state index in [1.807, 2.05) is 0 Å². The molecule has 172 valence electrons. The van der Waals surface area contributed by atoms with Crippen molar-refractivity contribution in [2.45, 2.75) is 32.2 Å². The van der Waals surface area contributed by atoms with Gasteiger partial charge in [-0.1, -0.05) is 0 Å². The molecule has 0 atom stereocenters. The highest BCUT2D eigenvalue weighted by molar-refractivity contribution is 5.83. The molecule has 33 heavy (non-hydrogen) atoms. The molecule has 1 aliphatic heterocycles. The Labute approximate surface area is 185 Å². The number of aromatic nitrogens is 3. The molecule has 0 spiro atoms. The molecule has 4 rings (SSSR count). The fourth-order valence-corrected chi connectivity index (χ4v) is 4.07. The summed E-state index contributed by atoms with van der Waals surface area (Å²) < 4.78 is 2.20. The van der Waals surface area contributed by atoms with Crippen molar-refractivity contribution in [1.82, 2.24) is 19.0 Å². The molecule has 0 unspecified atom stereocenters. The summed E-state index contributed by atoms with van der Waals surface area (Å²) in [5.41, 5.74) is -1.80. The third-order valence-electron chi connectivity index (χ3n) is 5.66. The molecule has 0 aliphatic carbocycles. The molecule has 1 amide bonds. The first-order valence-electron chi connectivity index (χ1n) is 10.4. The average molecular weight is 455 g/mol. The lowest BCUT2D eigenvalue weighted by atomic mass is 10.1. The zero-order chi connectivity index (χ0) is 23.7. The van der Waals surface area contributed by atoms with Crippen molar-refractivity contribution < 1.29 is 19.6 Å². The van der Waals surface area contributed by atoms with Crippen molar-refractivity contribution in [3.05, 3.63) is 67.0 Å². The second-order valence-electron chi connectivity index (χ2n) is 7.90. The second kappa shape index (κ2) is 8.73. The van der Waals surface area contributed by atoms with Crippen LogP contribution in [0.5, 0.6) is 0 Å². The van der Waals surface area contributed by atoms with E-state index in [0.29, 0.717) is 5.56 Å². The van der Waals surface area contributed by atoms with Crippen LogP contribution in [-0.4, -0.2) is 54.0 Å². The normalized spacial score (nSPS) is 13.9. The van der Waals surface area contributed by atoms with Crippen LogP contribution in [0.1, 0.15) is 24.8 Å². The van der Waals surface area contributed by atoms with Crippen LogP contribution in [-0.2, 0) is 22.6 Å². The number of nitro groups is 1. The van der Waals surface area contributed by atoms with Crippen molar-refractivity contribution in [3.8, 4) is 5.69 Å². The molecule has 3 heterocycles. The topological polar surface area (TPSA) is 161 Å². The SMILES string of the molecule is O=C(O)Cn1c(=O)c(=O)[nH]c2cc([N+](=O)[O-])c(-n3ccc(CC(=O)N4CCCCC4)c3)cc21. The van der Waals surface area contributed by atoms with E-state index in [-0.39, 0.29) is 34.7 Å². The van der Waals surface area contributed by atoms with Crippen LogP contribution in [0.4, 0.5) is 5.69 Å². The van der Waals surface area contributed by atoms with Crippen molar-refractivity contribution in [1.29, 1.82) is 0 Å². The summed E-state index contributed by atoms with van der Waals surface area (Å²) in [6, 6.07) is 4.04. The van der Waals surface area contributed by atoms with Gasteiger partial charge >= 0.3 is 17.1 Å². The molecule has 1 fully saturated rings. The first-order chi connectivity index (χ1) is 15.7. The molecule has 0 bridgehead atoms. The number of amides is 1. The molecule has 12 nitrogen and oxygen atoms in total. The molecular formula is C21H21N5O7. The van der Waals surface area contributed by atoms with Crippen LogP contribution in [0, 0.1) is 10.1 Å². The van der Waals surface area contributed by atoms with Gasteiger partial charge in [0.05, 0.1) is 22.4 Å². The highest BCUT2D eigenvalue weighted by Crippen LogP contribution is 2.28. The van der Waals surface area contributed by atoms with E-state index in [9.17, 15) is 29.3 Å². The van der Waals surface area contributed by atoms with Gasteiger partial charge in [0.25, 0.3) is 5.69 Å². The molecule has 2 aromatic heterocycles. The fraction of sp³-hybridized carbons (Fsp3) is 0.333. The molecule has 2 N–H and O–H groups in total. The van der Waals surface area contributed by atoms with Gasteiger partial charge in [-0.15, -0.1) is 0 Å². The number of hydrogen-bond acceptors (Lipinski definition) is 6. The third-order valence-corrected chi connectivity index (χ3v) is 5.66. The number of carbonyl (C=O) groups excluding carboxylic acids is 1. The molecule has 1 aliphatic rings. The summed E-state index contributed by atoms with van der Waals surface area (Å²) in [5, 5.41) is 20.9. The van der Waals surface area contributed by atoms with Crippen molar-refractivity contribution in [2.24, 2.45) is 0 Å². The first-order valence-corrected chi connectivity index (χ1v) is 10.4. The smallest absolute Gasteiger partial charge is 0.323 e. The zero-order valence-electron chi connectivity index (χ0n) is 17.5. The molecule has 1 saturated heterocycles. The minimum Gasteiger partial charge on any atom is -0.480 e. The Morgan fingerprint density at radius 1 is 1.15 bits per heavy atom. The third kappa shape index (κ3) is 4.40. The van der Waals surface area contributed by atoms with E-state index in [1.54, 1.807) is 23.4 Å². The number of rotatable bonds is 6. The number of aliphatic carboxylic acids is 1. The van der Waals surface area contributed by atoms with Crippen molar-refractivity contribution >= 4 is 28.6 Å². The largest absolute Gasteiger partial charge is 0.480 e. The number of fused-ring (bicyclic) bond motifs is 1. The van der Waals surface area contributed by atoms with Gasteiger partial charge in [-0.3, -0.25) is 33.9 Å². The highest BCUT2D eigenvalue weighted by Gasteiger charge is 2.22. The van der Waals surface area contributed by atoms with E-state index < -0.39 is 28.6 Å². The number of nitro benzene ring substituents is 1. The molecule has 12 heteroatoms. The maximum Gasteiger partial charge on any atom is 0.323 e. The van der Waals surface area contributed by atoms with Gasteiger partial charge in [-0.25, -0.2) is 0 Å². The predicted molar refractivity (Wildman–Crippen MR) is 117 cm³/mol. The number of aromatic amines is 1. The van der Waals surface area contributed by atoms with Crippen LogP contribution in [0.15, 0.2) is 40.2 Å². The number of nitrogens with one attached hydrogen (secondary N) is 1. The van der Waals surface area contributed by atoms with E-state index in [4.69, 9.17) is 5.11 Å². The van der Waals surface area contributed by atoms with Gasteiger partial charge in [0.2, 0.25) is 5.91 Å². The number of carboxylic acid groups (broad SMARTS) is 1. The molecule has 1 aromatic carbocycles. The number of carbonyl (C=O) groups is 2. The Morgan fingerprint density at radius 2 is 1.88 bits per heavy atom. The van der Waals surface area contributed by atoms with Gasteiger partial charge in [0.15, 0.2) is 0 Å². The highest BCUT2D eigenvalue weighted by atomic mass is 16.6. The summed E-state index contributed by atoms with van der Waals surface area (Å²) in [4.78, 5) is 63.1. The maximum atomic E-state index is 12.6. The summed E-state index contributed by atoms with van der Waals surface area (Å²) in [5.74, 6) is -1.36. The molecule has 0 saturated carbocycles. The standard InChI is InChI=1S/C21H21N5O7/c27-18(23-5-2-1-3-6-23)8-13-4-7-24(11-13)16-10-15-14(9-17(16)26(32)33)22-20(30)21(31)25(15)12-19(28)29/h4,7,9-11H,1-3,5-6,8,12H2,(H,22,30)(H,28,29). The van der Waals surface area contributed by atoms with Gasteiger partial charge < -0.3 is 19.6 Å². The van der Waals surface area contributed by atoms with Crippen LogP contribution >= 0.6 is 0 Å². The molecular weight excluding hydrogens is 434 g/mol. The van der Waals surface area contributed by atoms with Crippen molar-refractivity contribution in [3.63, 3.8) is 0 Å². The summed E-state index contributed by atoms with van der Waals surface area (Å²) >= 11 is 0. The van der Waals surface area contributed by atoms with E-state index in [0.717, 1.165) is 43.0 Å². The number of H-pyrrole nitrogens is 1. The van der Waals surface area contributed by atoms with Gasteiger partial charge in [0.1, 0.15) is 12.2 Å². The van der Waals surface area contributed by atoms with E-state index in [2.05, 4.69) is 4.98 Å². The Morgan fingerprint density at radius 3 is 2.55 bits per heavy atom. The van der Waals surface area contributed by atoms with Crippen LogP contribution in [0.3, 0.4) is 0 Å². The number of nitrogens with zero attached hydrogens (tertiary/aromatic N) is 4. The monoisotopic (exact) mass is 455 g/mol. The Kier molecular flexibility index (Phi) is 5.82. The minimum absolute atomic E-state index is 0.0201. The number of hydrogen-bond donors (Lipinski definition) is 2. The number of likely N-dealkylation sites (tertiary alicyclic amines) is 1. The Bertz CT molecular complexity index is 1380. The Hall–Kier alpha value is -4.22. The lowest BCUT2D eigenvalue weighted by Crippen LogP contribution is -2.37. The second-order valence-corrected chi connectivity index (χ2v) is 7.90. The predicted octanol–water partition coefficient (Wildman–Crippen LogP) is 1.03. The fourth-order valence-electron chi connectivity index (χ4n) is 4.07. The molecule has 0 radical (unpaired) electrons.